The molecule has 0 spiro atoms. The minimum absolute atomic E-state index is 0.0557. The molecule has 3 N–H and O–H groups in total. The lowest BCUT2D eigenvalue weighted by Crippen LogP contribution is -2.37. The Labute approximate surface area is 114 Å². The molecule has 2 heterocycles. The molecular weight excluding hydrogens is 244 g/mol. The predicted octanol–water partition coefficient (Wildman–Crippen LogP) is 1.22. The standard InChI is InChI=1S/C14H24N2O3/c1-9(6-7-15)2-5-13(17)16-10-3-4-12(16)11(8-10)14(18)19/h9-12H,2-8,15H2,1H3,(H,18,19). The van der Waals surface area contributed by atoms with Gasteiger partial charge in [0.05, 0.1) is 5.92 Å². The number of carbonyl (C=O) groups excluding carboxylic acids is 1. The lowest BCUT2D eigenvalue weighted by molar-refractivity contribution is -0.143. The zero-order chi connectivity index (χ0) is 14.0. The fourth-order valence-electron chi connectivity index (χ4n) is 3.57. The van der Waals surface area contributed by atoms with Gasteiger partial charge in [-0.05, 0) is 44.6 Å². The summed E-state index contributed by atoms with van der Waals surface area (Å²) in [5.41, 5.74) is 5.50. The van der Waals surface area contributed by atoms with E-state index in [9.17, 15) is 14.7 Å². The number of carboxylic acids is 1. The summed E-state index contributed by atoms with van der Waals surface area (Å²) in [5, 5.41) is 9.17. The third-order valence-electron chi connectivity index (χ3n) is 4.65. The summed E-state index contributed by atoms with van der Waals surface area (Å²) in [6, 6.07) is 0.114. The average Bonchev–Trinajstić information content (AvgIpc) is 2.93. The quantitative estimate of drug-likeness (QED) is 0.758. The first-order valence-corrected chi connectivity index (χ1v) is 7.28. The Balaban J connectivity index is 1.88. The Morgan fingerprint density at radius 2 is 2.11 bits per heavy atom. The molecule has 2 rings (SSSR count). The van der Waals surface area contributed by atoms with Gasteiger partial charge >= 0.3 is 5.97 Å². The van der Waals surface area contributed by atoms with Crippen molar-refractivity contribution in [2.75, 3.05) is 6.54 Å². The van der Waals surface area contributed by atoms with E-state index in [2.05, 4.69) is 6.92 Å². The molecule has 2 fully saturated rings. The number of nitrogens with zero attached hydrogens (tertiary/aromatic N) is 1. The van der Waals surface area contributed by atoms with Gasteiger partial charge in [-0.3, -0.25) is 9.59 Å². The van der Waals surface area contributed by atoms with Crippen molar-refractivity contribution >= 4 is 11.9 Å². The lowest BCUT2D eigenvalue weighted by Gasteiger charge is -2.23. The van der Waals surface area contributed by atoms with E-state index in [4.69, 9.17) is 5.73 Å². The van der Waals surface area contributed by atoms with Crippen molar-refractivity contribution in [3.63, 3.8) is 0 Å². The molecule has 0 aromatic carbocycles. The summed E-state index contributed by atoms with van der Waals surface area (Å²) >= 11 is 0. The number of hydrogen-bond donors (Lipinski definition) is 2. The van der Waals surface area contributed by atoms with Crippen LogP contribution in [0.4, 0.5) is 0 Å². The molecule has 2 bridgehead atoms. The SMILES string of the molecule is CC(CCN)CCC(=O)N1C2CCC1C(C(=O)O)C2. The summed E-state index contributed by atoms with van der Waals surface area (Å²) in [5.74, 6) is -0.490. The summed E-state index contributed by atoms with van der Waals surface area (Å²) in [6.07, 6.45) is 4.79. The van der Waals surface area contributed by atoms with Crippen LogP contribution in [0.3, 0.4) is 0 Å². The molecule has 0 saturated carbocycles. The maximum Gasteiger partial charge on any atom is 0.308 e. The normalized spacial score (nSPS) is 30.6. The van der Waals surface area contributed by atoms with Gasteiger partial charge in [-0.15, -0.1) is 0 Å². The number of carbonyl (C=O) groups is 2. The second kappa shape index (κ2) is 5.90. The van der Waals surface area contributed by atoms with Crippen molar-refractivity contribution in [3.8, 4) is 0 Å². The van der Waals surface area contributed by atoms with Crippen LogP contribution < -0.4 is 5.73 Å². The molecule has 4 unspecified atom stereocenters. The fraction of sp³-hybridized carbons (Fsp3) is 0.857. The second-order valence-electron chi connectivity index (χ2n) is 6.00. The highest BCUT2D eigenvalue weighted by Gasteiger charge is 2.50. The van der Waals surface area contributed by atoms with E-state index in [0.29, 0.717) is 25.3 Å². The van der Waals surface area contributed by atoms with E-state index < -0.39 is 5.97 Å². The molecule has 1 amide bonds. The molecule has 0 radical (unpaired) electrons. The highest BCUT2D eigenvalue weighted by molar-refractivity contribution is 5.80. The van der Waals surface area contributed by atoms with Crippen molar-refractivity contribution in [3.05, 3.63) is 0 Å². The van der Waals surface area contributed by atoms with Crippen LogP contribution in [0, 0.1) is 11.8 Å². The number of rotatable bonds is 6. The van der Waals surface area contributed by atoms with Crippen molar-refractivity contribution < 1.29 is 14.7 Å². The summed E-state index contributed by atoms with van der Waals surface area (Å²) in [6.45, 7) is 2.77. The molecule has 5 nitrogen and oxygen atoms in total. The summed E-state index contributed by atoms with van der Waals surface area (Å²) in [4.78, 5) is 25.3. The summed E-state index contributed by atoms with van der Waals surface area (Å²) < 4.78 is 0. The Bertz CT molecular complexity index is 359. The molecule has 19 heavy (non-hydrogen) atoms. The zero-order valence-corrected chi connectivity index (χ0v) is 11.5. The van der Waals surface area contributed by atoms with Crippen LogP contribution in [0.25, 0.3) is 0 Å². The number of aliphatic carboxylic acids is 1. The van der Waals surface area contributed by atoms with Crippen molar-refractivity contribution in [2.24, 2.45) is 17.6 Å². The van der Waals surface area contributed by atoms with Crippen molar-refractivity contribution in [1.29, 1.82) is 0 Å². The van der Waals surface area contributed by atoms with Gasteiger partial charge in [0, 0.05) is 18.5 Å². The second-order valence-corrected chi connectivity index (χ2v) is 6.00. The molecule has 2 aliphatic heterocycles. The largest absolute Gasteiger partial charge is 0.481 e. The van der Waals surface area contributed by atoms with E-state index in [1.165, 1.54) is 0 Å². The Hall–Kier alpha value is -1.10. The Kier molecular flexibility index (Phi) is 4.45. The third-order valence-corrected chi connectivity index (χ3v) is 4.65. The number of amides is 1. The van der Waals surface area contributed by atoms with E-state index in [1.807, 2.05) is 4.90 Å². The van der Waals surface area contributed by atoms with E-state index in [1.54, 1.807) is 0 Å². The molecule has 0 aromatic rings. The highest BCUT2D eigenvalue weighted by Crippen LogP contribution is 2.42. The first-order chi connectivity index (χ1) is 9.04. The molecule has 0 aliphatic carbocycles. The van der Waals surface area contributed by atoms with Crippen molar-refractivity contribution in [2.45, 2.75) is 57.5 Å². The number of nitrogens with two attached hydrogens (primary N) is 1. The molecule has 2 saturated heterocycles. The van der Waals surface area contributed by atoms with E-state index >= 15 is 0 Å². The van der Waals surface area contributed by atoms with Crippen LogP contribution in [0.1, 0.15) is 45.4 Å². The maximum absolute atomic E-state index is 12.3. The zero-order valence-electron chi connectivity index (χ0n) is 11.5. The molecule has 5 heteroatoms. The minimum Gasteiger partial charge on any atom is -0.481 e. The molecule has 4 atom stereocenters. The number of carboxylic acid groups (broad SMARTS) is 1. The highest BCUT2D eigenvalue weighted by atomic mass is 16.4. The van der Waals surface area contributed by atoms with Gasteiger partial charge in [-0.1, -0.05) is 6.92 Å². The lowest BCUT2D eigenvalue weighted by atomic mass is 9.89. The molecular formula is C14H24N2O3. The third kappa shape index (κ3) is 2.91. The first kappa shape index (κ1) is 14.3. The van der Waals surface area contributed by atoms with Crippen LogP contribution in [0.15, 0.2) is 0 Å². The Morgan fingerprint density at radius 1 is 1.37 bits per heavy atom. The van der Waals surface area contributed by atoms with Gasteiger partial charge in [0.2, 0.25) is 5.91 Å². The number of hydrogen-bond acceptors (Lipinski definition) is 3. The van der Waals surface area contributed by atoms with Crippen LogP contribution in [0.2, 0.25) is 0 Å². The molecule has 108 valence electrons. The average molecular weight is 268 g/mol. The fourth-order valence-corrected chi connectivity index (χ4v) is 3.57. The summed E-state index contributed by atoms with van der Waals surface area (Å²) in [7, 11) is 0. The van der Waals surface area contributed by atoms with E-state index in [0.717, 1.165) is 25.7 Å². The van der Waals surface area contributed by atoms with E-state index in [-0.39, 0.29) is 23.9 Å². The topological polar surface area (TPSA) is 83.6 Å². The van der Waals surface area contributed by atoms with Crippen LogP contribution in [-0.2, 0) is 9.59 Å². The monoisotopic (exact) mass is 268 g/mol. The molecule has 0 aromatic heterocycles. The van der Waals surface area contributed by atoms with Gasteiger partial charge in [0.15, 0.2) is 0 Å². The van der Waals surface area contributed by atoms with Crippen LogP contribution in [-0.4, -0.2) is 40.5 Å². The molecule has 2 aliphatic rings. The maximum atomic E-state index is 12.3. The Morgan fingerprint density at radius 3 is 2.68 bits per heavy atom. The van der Waals surface area contributed by atoms with Gasteiger partial charge in [-0.25, -0.2) is 0 Å². The van der Waals surface area contributed by atoms with Gasteiger partial charge in [0.25, 0.3) is 0 Å². The smallest absolute Gasteiger partial charge is 0.308 e. The van der Waals surface area contributed by atoms with Gasteiger partial charge in [-0.2, -0.15) is 0 Å². The van der Waals surface area contributed by atoms with Gasteiger partial charge < -0.3 is 15.7 Å². The van der Waals surface area contributed by atoms with Gasteiger partial charge in [0.1, 0.15) is 0 Å². The van der Waals surface area contributed by atoms with Crippen molar-refractivity contribution in [1.82, 2.24) is 4.90 Å². The minimum atomic E-state index is -0.749. The van der Waals surface area contributed by atoms with Crippen LogP contribution in [0.5, 0.6) is 0 Å². The van der Waals surface area contributed by atoms with Crippen LogP contribution >= 0.6 is 0 Å². The predicted molar refractivity (Wildman–Crippen MR) is 71.5 cm³/mol. The number of fused-ring (bicyclic) bond motifs is 2. The first-order valence-electron chi connectivity index (χ1n) is 7.28.